The van der Waals surface area contributed by atoms with Crippen LogP contribution in [-0.4, -0.2) is 15.0 Å². The molecule has 0 aliphatic rings. The van der Waals surface area contributed by atoms with Crippen molar-refractivity contribution >= 4 is 11.0 Å². The third-order valence-electron chi connectivity index (χ3n) is 1.49. The van der Waals surface area contributed by atoms with Crippen LogP contribution in [0.15, 0.2) is 12.3 Å². The van der Waals surface area contributed by atoms with Gasteiger partial charge in [-0.3, -0.25) is 0 Å². The normalized spacial score (nSPS) is 10.5. The molecule has 3 heteroatoms. The third-order valence-corrected chi connectivity index (χ3v) is 1.49. The number of aryl methyl sites for hydroxylation is 1. The van der Waals surface area contributed by atoms with Gasteiger partial charge in [-0.15, -0.1) is 0 Å². The second kappa shape index (κ2) is 1.80. The van der Waals surface area contributed by atoms with Crippen molar-refractivity contribution in [2.45, 2.75) is 6.92 Å². The molecule has 0 atom stereocenters. The molecule has 2 rings (SSSR count). The molecule has 2 aromatic rings. The standard InChI is InChI=1S/C7H6N3/c1-5-6-2-3-8-7(6)10-4-9-5/h2-3H,1H3,(H,8,9,10). The number of hydrogen-bond donors (Lipinski definition) is 1. The van der Waals surface area contributed by atoms with Gasteiger partial charge >= 0.3 is 0 Å². The van der Waals surface area contributed by atoms with Crippen LogP contribution in [0.25, 0.3) is 11.0 Å². The Hall–Kier alpha value is -1.38. The summed E-state index contributed by atoms with van der Waals surface area (Å²) >= 11 is 0. The molecule has 0 bridgehead atoms. The first-order chi connectivity index (χ1) is 4.88. The molecule has 2 heterocycles. The third kappa shape index (κ3) is 0.603. The van der Waals surface area contributed by atoms with Crippen molar-refractivity contribution in [2.75, 3.05) is 0 Å². The number of aromatic nitrogens is 3. The number of fused-ring (bicyclic) bond motifs is 1. The SMILES string of the molecule is Cc1n[c]nc2[nH]ccc12. The van der Waals surface area contributed by atoms with Crippen molar-refractivity contribution in [3.63, 3.8) is 0 Å². The zero-order chi connectivity index (χ0) is 6.97. The molecule has 0 aliphatic carbocycles. The largest absolute Gasteiger partial charge is 0.346 e. The molecule has 1 N–H and O–H groups in total. The summed E-state index contributed by atoms with van der Waals surface area (Å²) < 4.78 is 0. The van der Waals surface area contributed by atoms with Crippen molar-refractivity contribution in [3.8, 4) is 0 Å². The predicted molar refractivity (Wildman–Crippen MR) is 37.5 cm³/mol. The van der Waals surface area contributed by atoms with Gasteiger partial charge in [-0.1, -0.05) is 0 Å². The predicted octanol–water partition coefficient (Wildman–Crippen LogP) is 1.07. The van der Waals surface area contributed by atoms with E-state index in [9.17, 15) is 0 Å². The van der Waals surface area contributed by atoms with Gasteiger partial charge in [-0.25, -0.2) is 9.97 Å². The molecule has 1 radical (unpaired) electrons. The first-order valence-electron chi connectivity index (χ1n) is 3.06. The molecule has 0 aromatic carbocycles. The number of nitrogens with zero attached hydrogens (tertiary/aromatic N) is 2. The Morgan fingerprint density at radius 1 is 1.50 bits per heavy atom. The van der Waals surface area contributed by atoms with E-state index in [1.807, 2.05) is 19.2 Å². The molecule has 3 nitrogen and oxygen atoms in total. The molecule has 49 valence electrons. The van der Waals surface area contributed by atoms with E-state index in [-0.39, 0.29) is 0 Å². The van der Waals surface area contributed by atoms with E-state index in [1.165, 1.54) is 0 Å². The molecule has 2 aromatic heterocycles. The summed E-state index contributed by atoms with van der Waals surface area (Å²) in [6.07, 6.45) is 4.41. The number of aromatic amines is 1. The summed E-state index contributed by atoms with van der Waals surface area (Å²) in [5.74, 6) is 0. The maximum absolute atomic E-state index is 3.92. The highest BCUT2D eigenvalue weighted by Gasteiger charge is 1.97. The fourth-order valence-electron chi connectivity index (χ4n) is 0.955. The molecular formula is C7H6N3. The molecule has 0 spiro atoms. The van der Waals surface area contributed by atoms with Crippen LogP contribution in [0.5, 0.6) is 0 Å². The molecule has 0 unspecified atom stereocenters. The Labute approximate surface area is 58.1 Å². The van der Waals surface area contributed by atoms with E-state index in [0.29, 0.717) is 0 Å². The minimum absolute atomic E-state index is 0.854. The number of hydrogen-bond acceptors (Lipinski definition) is 2. The van der Waals surface area contributed by atoms with Gasteiger partial charge in [-0.05, 0) is 13.0 Å². The van der Waals surface area contributed by atoms with Gasteiger partial charge in [0, 0.05) is 11.6 Å². The summed E-state index contributed by atoms with van der Waals surface area (Å²) in [4.78, 5) is 10.8. The Morgan fingerprint density at radius 3 is 3.20 bits per heavy atom. The lowest BCUT2D eigenvalue weighted by molar-refractivity contribution is 1.12. The van der Waals surface area contributed by atoms with Gasteiger partial charge in [0.25, 0.3) is 0 Å². The van der Waals surface area contributed by atoms with Crippen molar-refractivity contribution in [2.24, 2.45) is 0 Å². The molecular weight excluding hydrogens is 126 g/mol. The van der Waals surface area contributed by atoms with Crippen LogP contribution in [0, 0.1) is 13.3 Å². The maximum atomic E-state index is 3.92. The average Bonchev–Trinajstić information content (AvgIpc) is 2.36. The maximum Gasteiger partial charge on any atom is 0.200 e. The summed E-state index contributed by atoms with van der Waals surface area (Å²) in [5.41, 5.74) is 1.82. The van der Waals surface area contributed by atoms with Gasteiger partial charge < -0.3 is 4.98 Å². The Morgan fingerprint density at radius 2 is 2.40 bits per heavy atom. The Kier molecular flexibility index (Phi) is 0.974. The number of rotatable bonds is 0. The van der Waals surface area contributed by atoms with Gasteiger partial charge in [-0.2, -0.15) is 0 Å². The van der Waals surface area contributed by atoms with E-state index in [2.05, 4.69) is 21.3 Å². The van der Waals surface area contributed by atoms with Crippen LogP contribution in [0.4, 0.5) is 0 Å². The van der Waals surface area contributed by atoms with Crippen LogP contribution in [0.2, 0.25) is 0 Å². The van der Waals surface area contributed by atoms with Gasteiger partial charge in [0.05, 0.1) is 5.69 Å². The minimum Gasteiger partial charge on any atom is -0.346 e. The topological polar surface area (TPSA) is 41.6 Å². The molecule has 0 amide bonds. The Balaban J connectivity index is 2.95. The van der Waals surface area contributed by atoms with Crippen molar-refractivity contribution in [1.29, 1.82) is 0 Å². The van der Waals surface area contributed by atoms with Crippen LogP contribution in [-0.2, 0) is 0 Å². The fraction of sp³-hybridized carbons (Fsp3) is 0.143. The average molecular weight is 132 g/mol. The van der Waals surface area contributed by atoms with Gasteiger partial charge in [0.2, 0.25) is 0 Å². The van der Waals surface area contributed by atoms with E-state index in [0.717, 1.165) is 16.7 Å². The quantitative estimate of drug-likeness (QED) is 0.582. The lowest BCUT2D eigenvalue weighted by Gasteiger charge is -1.89. The highest BCUT2D eigenvalue weighted by atomic mass is 14.9. The van der Waals surface area contributed by atoms with Crippen molar-refractivity contribution in [3.05, 3.63) is 24.3 Å². The molecule has 10 heavy (non-hydrogen) atoms. The van der Waals surface area contributed by atoms with Crippen LogP contribution in [0.1, 0.15) is 5.69 Å². The molecule has 0 fully saturated rings. The highest BCUT2D eigenvalue weighted by molar-refractivity contribution is 5.77. The summed E-state index contributed by atoms with van der Waals surface area (Å²) in [6, 6.07) is 1.96. The first-order valence-corrected chi connectivity index (χ1v) is 3.06. The zero-order valence-electron chi connectivity index (χ0n) is 5.55. The van der Waals surface area contributed by atoms with Crippen LogP contribution >= 0.6 is 0 Å². The second-order valence-electron chi connectivity index (χ2n) is 2.15. The second-order valence-corrected chi connectivity index (χ2v) is 2.15. The minimum atomic E-state index is 0.854. The monoisotopic (exact) mass is 132 g/mol. The van der Waals surface area contributed by atoms with E-state index < -0.39 is 0 Å². The molecule has 0 saturated carbocycles. The Bertz CT molecular complexity index is 350. The van der Waals surface area contributed by atoms with E-state index >= 15 is 0 Å². The zero-order valence-corrected chi connectivity index (χ0v) is 5.55. The number of nitrogens with one attached hydrogen (secondary N) is 1. The van der Waals surface area contributed by atoms with Crippen LogP contribution < -0.4 is 0 Å². The molecule has 0 saturated heterocycles. The summed E-state index contributed by atoms with van der Waals surface area (Å²) in [6.45, 7) is 1.94. The lowest BCUT2D eigenvalue weighted by atomic mass is 10.3. The van der Waals surface area contributed by atoms with Crippen LogP contribution in [0.3, 0.4) is 0 Å². The van der Waals surface area contributed by atoms with E-state index in [1.54, 1.807) is 0 Å². The summed E-state index contributed by atoms with van der Waals surface area (Å²) in [5, 5.41) is 1.07. The van der Waals surface area contributed by atoms with Gasteiger partial charge in [0.1, 0.15) is 5.65 Å². The summed E-state index contributed by atoms with van der Waals surface area (Å²) in [7, 11) is 0. The fourth-order valence-corrected chi connectivity index (χ4v) is 0.955. The number of H-pyrrole nitrogens is 1. The van der Waals surface area contributed by atoms with E-state index in [4.69, 9.17) is 0 Å². The lowest BCUT2D eigenvalue weighted by Crippen LogP contribution is -1.84. The van der Waals surface area contributed by atoms with Crippen molar-refractivity contribution < 1.29 is 0 Å². The first kappa shape index (κ1) is 5.41. The molecule has 0 aliphatic heterocycles. The van der Waals surface area contributed by atoms with Gasteiger partial charge in [0.15, 0.2) is 6.33 Å². The smallest absolute Gasteiger partial charge is 0.200 e. The highest BCUT2D eigenvalue weighted by Crippen LogP contribution is 2.09. The van der Waals surface area contributed by atoms with Crippen molar-refractivity contribution in [1.82, 2.24) is 15.0 Å².